The lowest BCUT2D eigenvalue weighted by molar-refractivity contribution is 0.258. The molecule has 35 heavy (non-hydrogen) atoms. The highest BCUT2D eigenvalue weighted by atomic mass is 35.5. The maximum atomic E-state index is 14.2. The summed E-state index contributed by atoms with van der Waals surface area (Å²) in [5.74, 6) is -0.275. The highest BCUT2D eigenvalue weighted by Gasteiger charge is 2.23. The monoisotopic (exact) mass is 521 g/mol. The number of piperidine rings is 1. The molecule has 2 aliphatic rings. The van der Waals surface area contributed by atoms with E-state index in [4.69, 9.17) is 23.8 Å². The molecule has 0 saturated carbocycles. The molecule has 1 N–H and O–H groups in total. The van der Waals surface area contributed by atoms with Crippen LogP contribution in [0.2, 0.25) is 5.02 Å². The molecule has 2 aromatic rings. The van der Waals surface area contributed by atoms with Gasteiger partial charge in [-0.05, 0) is 54.4 Å². The van der Waals surface area contributed by atoms with Gasteiger partial charge in [-0.15, -0.1) is 4.91 Å². The number of benzene rings is 2. The van der Waals surface area contributed by atoms with Crippen LogP contribution in [0.3, 0.4) is 0 Å². The third kappa shape index (κ3) is 6.65. The number of nitrogens with one attached hydrogen (secondary N) is 1. The molecule has 0 amide bonds. The number of piperazine rings is 1. The number of nitroso groups, excluding NO2 is 1. The lowest BCUT2D eigenvalue weighted by atomic mass is 10.0. The van der Waals surface area contributed by atoms with Gasteiger partial charge in [0.05, 0.1) is 10.7 Å². The summed E-state index contributed by atoms with van der Waals surface area (Å²) in [5.41, 5.74) is 1.88. The number of likely N-dealkylation sites (tertiary alicyclic amines) is 1. The number of hydrogen-bond donors (Lipinski definition) is 1. The van der Waals surface area contributed by atoms with Crippen LogP contribution >= 0.6 is 23.8 Å². The van der Waals surface area contributed by atoms with Crippen LogP contribution in [0.1, 0.15) is 24.8 Å². The standard InChI is InChI=1S/C25H30ClF2N5OS/c26-19-1-4-24(22(28)16-19)32-13-11-31(12-14-32)8-7-25(35)33-9-5-20(6-10-33)29-21-2-3-23(30-34)18(15-21)17-27/h1-4,15-16,20,29H,5-14,17H2. The lowest BCUT2D eigenvalue weighted by Crippen LogP contribution is -2.48. The zero-order valence-electron chi connectivity index (χ0n) is 19.6. The fraction of sp³-hybridized carbons (Fsp3) is 0.480. The molecule has 2 fully saturated rings. The van der Waals surface area contributed by atoms with Crippen LogP contribution in [-0.2, 0) is 6.67 Å². The van der Waals surface area contributed by atoms with Gasteiger partial charge in [-0.25, -0.2) is 8.78 Å². The predicted octanol–water partition coefficient (Wildman–Crippen LogP) is 5.76. The quantitative estimate of drug-likeness (QED) is 0.352. The van der Waals surface area contributed by atoms with E-state index in [1.165, 1.54) is 6.07 Å². The van der Waals surface area contributed by atoms with Gasteiger partial charge in [0.15, 0.2) is 0 Å². The summed E-state index contributed by atoms with van der Waals surface area (Å²) in [4.78, 5) is 18.5. The molecular formula is C25H30ClF2N5OS. The van der Waals surface area contributed by atoms with Crippen LogP contribution < -0.4 is 10.2 Å². The molecule has 0 aromatic heterocycles. The first-order valence-electron chi connectivity index (χ1n) is 12.0. The average molecular weight is 522 g/mol. The van der Waals surface area contributed by atoms with E-state index in [1.807, 2.05) is 0 Å². The van der Waals surface area contributed by atoms with E-state index in [1.54, 1.807) is 30.3 Å². The summed E-state index contributed by atoms with van der Waals surface area (Å²) < 4.78 is 27.3. The number of alkyl halides is 1. The second-order valence-corrected chi connectivity index (χ2v) is 9.95. The molecule has 6 nitrogen and oxygen atoms in total. The first-order chi connectivity index (χ1) is 17.0. The molecule has 188 valence electrons. The van der Waals surface area contributed by atoms with Gasteiger partial charge in [-0.3, -0.25) is 4.90 Å². The molecule has 0 bridgehead atoms. The van der Waals surface area contributed by atoms with E-state index in [-0.39, 0.29) is 17.5 Å². The molecule has 4 rings (SSSR count). The van der Waals surface area contributed by atoms with Crippen LogP contribution in [-0.4, -0.2) is 66.6 Å². The third-order valence-corrected chi connectivity index (χ3v) is 7.50. The maximum absolute atomic E-state index is 14.2. The smallest absolute Gasteiger partial charge is 0.147 e. The van der Waals surface area contributed by atoms with Gasteiger partial charge < -0.3 is 15.1 Å². The van der Waals surface area contributed by atoms with E-state index < -0.39 is 6.67 Å². The normalized spacial score (nSPS) is 17.5. The SMILES string of the molecule is O=Nc1ccc(NC2CCN(C(=S)CCN3CCN(c4ccc(Cl)cc4F)CC3)CC2)cc1CF. The molecule has 0 unspecified atom stereocenters. The van der Waals surface area contributed by atoms with Gasteiger partial charge >= 0.3 is 0 Å². The summed E-state index contributed by atoms with van der Waals surface area (Å²) in [5, 5.41) is 6.73. The summed E-state index contributed by atoms with van der Waals surface area (Å²) in [6, 6.07) is 10.1. The van der Waals surface area contributed by atoms with Crippen molar-refractivity contribution in [1.82, 2.24) is 9.80 Å². The molecule has 0 radical (unpaired) electrons. The zero-order chi connectivity index (χ0) is 24.8. The van der Waals surface area contributed by atoms with Crippen LogP contribution in [0.25, 0.3) is 0 Å². The Kier molecular flexibility index (Phi) is 8.86. The number of rotatable bonds is 8. The van der Waals surface area contributed by atoms with Gasteiger partial charge in [0, 0.05) is 74.5 Å². The van der Waals surface area contributed by atoms with E-state index in [0.717, 1.165) is 75.8 Å². The van der Waals surface area contributed by atoms with Crippen molar-refractivity contribution in [2.24, 2.45) is 5.18 Å². The van der Waals surface area contributed by atoms with Crippen molar-refractivity contribution in [2.75, 3.05) is 56.0 Å². The Hall–Kier alpha value is -2.36. The number of halogens is 3. The molecular weight excluding hydrogens is 492 g/mol. The van der Waals surface area contributed by atoms with Gasteiger partial charge in [0.25, 0.3) is 0 Å². The Labute approximate surface area is 215 Å². The van der Waals surface area contributed by atoms with E-state index in [0.29, 0.717) is 16.3 Å². The minimum absolute atomic E-state index is 0.150. The van der Waals surface area contributed by atoms with E-state index >= 15 is 0 Å². The Morgan fingerprint density at radius 2 is 1.83 bits per heavy atom. The van der Waals surface area contributed by atoms with E-state index in [9.17, 15) is 13.7 Å². The second kappa shape index (κ2) is 12.1. The number of nitrogens with zero attached hydrogens (tertiary/aromatic N) is 4. The summed E-state index contributed by atoms with van der Waals surface area (Å²) in [6.45, 7) is 5.24. The largest absolute Gasteiger partial charge is 0.382 e. The van der Waals surface area contributed by atoms with Crippen LogP contribution in [0, 0.1) is 10.7 Å². The summed E-state index contributed by atoms with van der Waals surface area (Å²) >= 11 is 11.6. The number of hydrogen-bond acceptors (Lipinski definition) is 6. The maximum Gasteiger partial charge on any atom is 0.147 e. The molecule has 0 atom stereocenters. The molecule has 2 heterocycles. The van der Waals surface area contributed by atoms with Crippen molar-refractivity contribution in [1.29, 1.82) is 0 Å². The minimum atomic E-state index is -0.712. The molecule has 2 aromatic carbocycles. The lowest BCUT2D eigenvalue weighted by Gasteiger charge is -2.38. The Morgan fingerprint density at radius 3 is 2.49 bits per heavy atom. The van der Waals surface area contributed by atoms with Crippen molar-refractivity contribution >= 4 is 45.9 Å². The highest BCUT2D eigenvalue weighted by molar-refractivity contribution is 7.80. The molecule has 2 saturated heterocycles. The molecule has 0 aliphatic carbocycles. The first-order valence-corrected chi connectivity index (χ1v) is 12.7. The van der Waals surface area contributed by atoms with Crippen LogP contribution in [0.4, 0.5) is 25.8 Å². The molecule has 2 aliphatic heterocycles. The first kappa shape index (κ1) is 25.7. The van der Waals surface area contributed by atoms with Crippen molar-refractivity contribution in [2.45, 2.75) is 32.0 Å². The number of anilines is 2. The number of thiocarbonyl (C=S) groups is 1. The minimum Gasteiger partial charge on any atom is -0.382 e. The van der Waals surface area contributed by atoms with Gasteiger partial charge in [-0.2, -0.15) is 0 Å². The second-order valence-electron chi connectivity index (χ2n) is 9.04. The van der Waals surface area contributed by atoms with Crippen LogP contribution in [0.5, 0.6) is 0 Å². The van der Waals surface area contributed by atoms with Gasteiger partial charge in [0.2, 0.25) is 0 Å². The van der Waals surface area contributed by atoms with Crippen molar-refractivity contribution < 1.29 is 8.78 Å². The Morgan fingerprint density at radius 1 is 1.09 bits per heavy atom. The van der Waals surface area contributed by atoms with Crippen molar-refractivity contribution in [3.63, 3.8) is 0 Å². The highest BCUT2D eigenvalue weighted by Crippen LogP contribution is 2.26. The average Bonchev–Trinajstić information content (AvgIpc) is 2.88. The Bertz CT molecular complexity index is 1040. The van der Waals surface area contributed by atoms with Gasteiger partial charge in [0.1, 0.15) is 18.2 Å². The summed E-state index contributed by atoms with van der Waals surface area (Å²) in [7, 11) is 0. The topological polar surface area (TPSA) is 51.2 Å². The van der Waals surface area contributed by atoms with Crippen LogP contribution in [0.15, 0.2) is 41.6 Å². The summed E-state index contributed by atoms with van der Waals surface area (Å²) in [6.07, 6.45) is 2.71. The van der Waals surface area contributed by atoms with Gasteiger partial charge in [-0.1, -0.05) is 23.8 Å². The predicted molar refractivity (Wildman–Crippen MR) is 142 cm³/mol. The van der Waals surface area contributed by atoms with E-state index in [2.05, 4.69) is 25.2 Å². The fourth-order valence-electron chi connectivity index (χ4n) is 4.74. The Balaban J connectivity index is 1.18. The third-order valence-electron chi connectivity index (χ3n) is 6.80. The fourth-order valence-corrected chi connectivity index (χ4v) is 5.17. The molecule has 10 heteroatoms. The van der Waals surface area contributed by atoms with Crippen molar-refractivity contribution in [3.05, 3.63) is 57.7 Å². The zero-order valence-corrected chi connectivity index (χ0v) is 21.1. The molecule has 0 spiro atoms. The van der Waals surface area contributed by atoms with Crippen molar-refractivity contribution in [3.8, 4) is 0 Å².